The van der Waals surface area contributed by atoms with Gasteiger partial charge in [0.25, 0.3) is 0 Å². The third-order valence-corrected chi connectivity index (χ3v) is 6.62. The zero-order valence-corrected chi connectivity index (χ0v) is 17.5. The van der Waals surface area contributed by atoms with E-state index in [9.17, 15) is 9.59 Å². The summed E-state index contributed by atoms with van der Waals surface area (Å²) < 4.78 is 0. The summed E-state index contributed by atoms with van der Waals surface area (Å²) in [6.07, 6.45) is 3.92. The Balaban J connectivity index is 1.22. The lowest BCUT2D eigenvalue weighted by Crippen LogP contribution is -2.40. The van der Waals surface area contributed by atoms with E-state index in [0.717, 1.165) is 35.9 Å². The first-order chi connectivity index (χ1) is 14.6. The Hall–Kier alpha value is -2.79. The minimum atomic E-state index is -0.236. The molecule has 154 valence electrons. The highest BCUT2D eigenvalue weighted by atomic mass is 35.5. The molecule has 0 aliphatic carbocycles. The highest BCUT2D eigenvalue weighted by Gasteiger charge is 2.37. The molecule has 0 bridgehead atoms. The second-order valence-electron chi connectivity index (χ2n) is 8.27. The Labute approximate surface area is 180 Å². The predicted octanol–water partition coefficient (Wildman–Crippen LogP) is 3.80. The quantitative estimate of drug-likeness (QED) is 0.696. The van der Waals surface area contributed by atoms with Crippen molar-refractivity contribution in [3.63, 3.8) is 0 Å². The average molecular weight is 422 g/mol. The zero-order valence-electron chi connectivity index (χ0n) is 16.7. The number of nitrogens with one attached hydrogen (secondary N) is 1. The van der Waals surface area contributed by atoms with Crippen LogP contribution in [-0.4, -0.2) is 46.2 Å². The minimum Gasteiger partial charge on any atom is -0.361 e. The molecule has 1 fully saturated rings. The van der Waals surface area contributed by atoms with Crippen LogP contribution in [-0.2, 0) is 29.0 Å². The molecule has 0 spiro atoms. The molecule has 1 aromatic heterocycles. The van der Waals surface area contributed by atoms with Crippen molar-refractivity contribution in [1.29, 1.82) is 0 Å². The summed E-state index contributed by atoms with van der Waals surface area (Å²) in [5, 5.41) is 1.79. The molecule has 30 heavy (non-hydrogen) atoms. The van der Waals surface area contributed by atoms with Crippen molar-refractivity contribution in [3.8, 4) is 0 Å². The van der Waals surface area contributed by atoms with E-state index in [1.54, 1.807) is 0 Å². The molecule has 1 atom stereocenters. The lowest BCUT2D eigenvalue weighted by molar-refractivity contribution is -0.136. The molecular weight excluding hydrogens is 398 g/mol. The van der Waals surface area contributed by atoms with E-state index < -0.39 is 0 Å². The summed E-state index contributed by atoms with van der Waals surface area (Å²) in [6, 6.07) is 14.1. The number of amides is 2. The fourth-order valence-electron chi connectivity index (χ4n) is 4.71. The Kier molecular flexibility index (Phi) is 4.99. The Morgan fingerprint density at radius 1 is 1.17 bits per heavy atom. The smallest absolute Gasteiger partial charge is 0.228 e. The highest BCUT2D eigenvalue weighted by molar-refractivity contribution is 6.31. The molecule has 3 heterocycles. The number of carbonyl (C=O) groups is 2. The molecule has 2 aliphatic rings. The van der Waals surface area contributed by atoms with E-state index in [2.05, 4.69) is 17.1 Å². The summed E-state index contributed by atoms with van der Waals surface area (Å²) in [7, 11) is 0. The maximum atomic E-state index is 13.1. The summed E-state index contributed by atoms with van der Waals surface area (Å²) in [6.45, 7) is 2.51. The summed E-state index contributed by atoms with van der Waals surface area (Å²) in [5.41, 5.74) is 4.73. The van der Waals surface area contributed by atoms with Crippen molar-refractivity contribution in [3.05, 3.63) is 70.4 Å². The first kappa shape index (κ1) is 19.2. The van der Waals surface area contributed by atoms with Crippen LogP contribution in [0.2, 0.25) is 5.02 Å². The summed E-state index contributed by atoms with van der Waals surface area (Å²) >= 11 is 6.14. The number of carbonyl (C=O) groups excluding carboxylic acids is 2. The van der Waals surface area contributed by atoms with Crippen LogP contribution in [0, 0.1) is 5.92 Å². The van der Waals surface area contributed by atoms with Crippen LogP contribution in [0.1, 0.15) is 23.1 Å². The first-order valence-corrected chi connectivity index (χ1v) is 10.8. The summed E-state index contributed by atoms with van der Waals surface area (Å²) in [5.74, 6) is -0.0527. The van der Waals surface area contributed by atoms with Crippen LogP contribution in [0.4, 0.5) is 0 Å². The van der Waals surface area contributed by atoms with Gasteiger partial charge in [-0.25, -0.2) is 0 Å². The number of nitrogens with zero attached hydrogens (tertiary/aromatic N) is 2. The molecule has 2 aromatic carbocycles. The molecule has 2 amide bonds. The number of fused-ring (bicyclic) bond motifs is 2. The molecule has 6 heteroatoms. The van der Waals surface area contributed by atoms with E-state index >= 15 is 0 Å². The van der Waals surface area contributed by atoms with Gasteiger partial charge in [-0.2, -0.15) is 0 Å². The van der Waals surface area contributed by atoms with Gasteiger partial charge in [0.2, 0.25) is 11.8 Å². The fourth-order valence-corrected chi connectivity index (χ4v) is 4.88. The minimum absolute atomic E-state index is 0.0728. The maximum Gasteiger partial charge on any atom is 0.228 e. The second kappa shape index (κ2) is 7.80. The van der Waals surface area contributed by atoms with Gasteiger partial charge in [-0.15, -0.1) is 0 Å². The average Bonchev–Trinajstić information content (AvgIpc) is 3.34. The normalized spacial score (nSPS) is 18.8. The fraction of sp³-hybridized carbons (Fsp3) is 0.333. The SMILES string of the molecule is O=C1C[C@H](C(=O)N2CCc3ccccc3C2)CN1CCc1c[nH]c2ccc(Cl)cc12. The van der Waals surface area contributed by atoms with Gasteiger partial charge in [0, 0.05) is 54.7 Å². The highest BCUT2D eigenvalue weighted by Crippen LogP contribution is 2.26. The topological polar surface area (TPSA) is 56.4 Å². The van der Waals surface area contributed by atoms with Gasteiger partial charge >= 0.3 is 0 Å². The van der Waals surface area contributed by atoms with E-state index in [0.29, 0.717) is 31.1 Å². The number of H-pyrrole nitrogens is 1. The molecule has 0 radical (unpaired) electrons. The number of aromatic amines is 1. The zero-order chi connectivity index (χ0) is 20.7. The lowest BCUT2D eigenvalue weighted by atomic mass is 9.98. The Morgan fingerprint density at radius 2 is 2.00 bits per heavy atom. The van der Waals surface area contributed by atoms with E-state index in [1.807, 2.05) is 46.3 Å². The van der Waals surface area contributed by atoms with Crippen LogP contribution >= 0.6 is 11.6 Å². The van der Waals surface area contributed by atoms with Gasteiger partial charge < -0.3 is 14.8 Å². The standard InChI is InChI=1S/C24H24ClN3O2/c25-20-5-6-22-21(12-20)17(13-26-22)8-9-27-15-19(11-23(27)29)24(30)28-10-7-16-3-1-2-4-18(16)14-28/h1-6,12-13,19,26H,7-11,14-15H2/t19-/m0/s1. The number of hydrogen-bond donors (Lipinski definition) is 1. The molecule has 0 saturated carbocycles. The lowest BCUT2D eigenvalue weighted by Gasteiger charge is -2.30. The van der Waals surface area contributed by atoms with Gasteiger partial charge in [0.05, 0.1) is 5.92 Å². The molecule has 5 nitrogen and oxygen atoms in total. The summed E-state index contributed by atoms with van der Waals surface area (Å²) in [4.78, 5) is 32.7. The molecule has 2 aliphatic heterocycles. The van der Waals surface area contributed by atoms with Gasteiger partial charge in [0.15, 0.2) is 0 Å². The van der Waals surface area contributed by atoms with Gasteiger partial charge in [-0.05, 0) is 47.7 Å². The third kappa shape index (κ3) is 3.58. The van der Waals surface area contributed by atoms with Crippen molar-refractivity contribution in [2.24, 2.45) is 5.92 Å². The van der Waals surface area contributed by atoms with E-state index in [1.165, 1.54) is 11.1 Å². The van der Waals surface area contributed by atoms with E-state index in [-0.39, 0.29) is 17.7 Å². The van der Waals surface area contributed by atoms with Crippen molar-refractivity contribution in [1.82, 2.24) is 14.8 Å². The third-order valence-electron chi connectivity index (χ3n) is 6.39. The monoisotopic (exact) mass is 421 g/mol. The van der Waals surface area contributed by atoms with Crippen molar-refractivity contribution < 1.29 is 9.59 Å². The number of hydrogen-bond acceptors (Lipinski definition) is 2. The van der Waals surface area contributed by atoms with Crippen LogP contribution in [0.5, 0.6) is 0 Å². The predicted molar refractivity (Wildman–Crippen MR) is 117 cm³/mol. The molecule has 1 saturated heterocycles. The van der Waals surface area contributed by atoms with Crippen LogP contribution in [0.15, 0.2) is 48.7 Å². The van der Waals surface area contributed by atoms with Crippen LogP contribution in [0.3, 0.4) is 0 Å². The molecular formula is C24H24ClN3O2. The van der Waals surface area contributed by atoms with Gasteiger partial charge in [0.1, 0.15) is 0 Å². The molecule has 5 rings (SSSR count). The van der Waals surface area contributed by atoms with E-state index in [4.69, 9.17) is 11.6 Å². The second-order valence-corrected chi connectivity index (χ2v) is 8.71. The largest absolute Gasteiger partial charge is 0.361 e. The van der Waals surface area contributed by atoms with Crippen molar-refractivity contribution >= 4 is 34.3 Å². The molecule has 1 N–H and O–H groups in total. The van der Waals surface area contributed by atoms with Crippen LogP contribution in [0.25, 0.3) is 10.9 Å². The number of aromatic nitrogens is 1. The van der Waals surface area contributed by atoms with Gasteiger partial charge in [-0.3, -0.25) is 9.59 Å². The van der Waals surface area contributed by atoms with Gasteiger partial charge in [-0.1, -0.05) is 35.9 Å². The Bertz CT molecular complexity index is 1120. The molecule has 3 aromatic rings. The van der Waals surface area contributed by atoms with Crippen molar-refractivity contribution in [2.75, 3.05) is 19.6 Å². The van der Waals surface area contributed by atoms with Crippen LogP contribution < -0.4 is 0 Å². The number of benzene rings is 2. The number of halogens is 1. The maximum absolute atomic E-state index is 13.1. The van der Waals surface area contributed by atoms with Crippen molar-refractivity contribution in [2.45, 2.75) is 25.8 Å². The number of rotatable bonds is 4. The number of likely N-dealkylation sites (tertiary alicyclic amines) is 1. The first-order valence-electron chi connectivity index (χ1n) is 10.5. The Morgan fingerprint density at radius 3 is 2.87 bits per heavy atom. The molecule has 0 unspecified atom stereocenters.